The third-order valence-electron chi connectivity index (χ3n) is 1.82. The van der Waals surface area contributed by atoms with Crippen LogP contribution < -0.4 is 0 Å². The Morgan fingerprint density at radius 1 is 1.13 bits per heavy atom. The van der Waals surface area contributed by atoms with Crippen molar-refractivity contribution in [3.63, 3.8) is 0 Å². The fourth-order valence-electron chi connectivity index (χ4n) is 1.20. The Morgan fingerprint density at radius 3 is 2.07 bits per heavy atom. The van der Waals surface area contributed by atoms with Crippen LogP contribution in [0.5, 0.6) is 0 Å². The van der Waals surface area contributed by atoms with Crippen molar-refractivity contribution in [2.24, 2.45) is 0 Å². The summed E-state index contributed by atoms with van der Waals surface area (Å²) in [7, 11) is 0. The van der Waals surface area contributed by atoms with E-state index in [0.717, 1.165) is 25.9 Å². The first kappa shape index (κ1) is 13.3. The van der Waals surface area contributed by atoms with Gasteiger partial charge in [0.25, 0.3) is 0 Å². The highest BCUT2D eigenvalue weighted by Crippen LogP contribution is 1.97. The molecule has 3 heteroatoms. The fraction of sp³-hybridized carbons (Fsp3) is 0.500. The predicted octanol–water partition coefficient (Wildman–Crippen LogP) is 2.60. The minimum absolute atomic E-state index is 0.138. The molecule has 0 aromatic rings. The van der Waals surface area contributed by atoms with Crippen molar-refractivity contribution < 1.29 is 0 Å². The molecule has 0 aliphatic rings. The minimum atomic E-state index is 0.138. The Balaban J connectivity index is 4.28. The Labute approximate surface area is 91.9 Å². The lowest BCUT2D eigenvalue weighted by Crippen LogP contribution is -2.18. The average Bonchev–Trinajstić information content (AvgIpc) is 2.25. The van der Waals surface area contributed by atoms with Gasteiger partial charge < -0.3 is 4.90 Å². The van der Waals surface area contributed by atoms with Crippen LogP contribution >= 0.6 is 0 Å². The monoisotopic (exact) mass is 203 g/mol. The van der Waals surface area contributed by atoms with Crippen molar-refractivity contribution in [3.8, 4) is 12.1 Å². The molecule has 15 heavy (non-hydrogen) atoms. The predicted molar refractivity (Wildman–Crippen MR) is 60.6 cm³/mol. The van der Waals surface area contributed by atoms with Crippen LogP contribution in [0.1, 0.15) is 26.7 Å². The van der Waals surface area contributed by atoms with Gasteiger partial charge in [-0.05, 0) is 31.2 Å². The topological polar surface area (TPSA) is 50.8 Å². The Hall–Kier alpha value is -1.74. The summed E-state index contributed by atoms with van der Waals surface area (Å²) in [5, 5.41) is 17.0. The zero-order valence-electron chi connectivity index (χ0n) is 9.40. The SMILES string of the molecule is CCCN(C=CC=C(C#N)C#N)CCC. The lowest BCUT2D eigenvalue weighted by atomic mass is 10.3. The standard InChI is InChI=1S/C12H17N3/c1-3-7-15(8-4-2)9-5-6-12(10-13)11-14/h5-6,9H,3-4,7-8H2,1-2H3. The second-order valence-electron chi connectivity index (χ2n) is 3.18. The fourth-order valence-corrected chi connectivity index (χ4v) is 1.20. The van der Waals surface area contributed by atoms with Gasteiger partial charge in [-0.2, -0.15) is 10.5 Å². The molecule has 0 aromatic carbocycles. The van der Waals surface area contributed by atoms with Crippen LogP contribution in [0.4, 0.5) is 0 Å². The summed E-state index contributed by atoms with van der Waals surface area (Å²) in [5.41, 5.74) is 0.138. The summed E-state index contributed by atoms with van der Waals surface area (Å²) in [4.78, 5) is 2.18. The van der Waals surface area contributed by atoms with Gasteiger partial charge in [0, 0.05) is 13.1 Å². The molecule has 0 rings (SSSR count). The molecule has 0 aromatic heterocycles. The van der Waals surface area contributed by atoms with Gasteiger partial charge in [0.05, 0.1) is 0 Å². The maximum absolute atomic E-state index is 8.51. The van der Waals surface area contributed by atoms with Crippen LogP contribution in [-0.4, -0.2) is 18.0 Å². The summed E-state index contributed by atoms with van der Waals surface area (Å²) >= 11 is 0. The van der Waals surface area contributed by atoms with Crippen LogP contribution in [-0.2, 0) is 0 Å². The van der Waals surface area contributed by atoms with E-state index >= 15 is 0 Å². The Kier molecular flexibility index (Phi) is 7.82. The molecule has 0 atom stereocenters. The molecule has 0 radical (unpaired) electrons. The molecule has 0 heterocycles. The highest BCUT2D eigenvalue weighted by molar-refractivity contribution is 5.37. The van der Waals surface area contributed by atoms with E-state index in [1.807, 2.05) is 18.3 Å². The van der Waals surface area contributed by atoms with Gasteiger partial charge in [0.1, 0.15) is 17.7 Å². The summed E-state index contributed by atoms with van der Waals surface area (Å²) in [6.07, 6.45) is 7.42. The second kappa shape index (κ2) is 8.84. The first-order valence-electron chi connectivity index (χ1n) is 5.21. The van der Waals surface area contributed by atoms with Gasteiger partial charge in [-0.25, -0.2) is 0 Å². The third-order valence-corrected chi connectivity index (χ3v) is 1.82. The lowest BCUT2D eigenvalue weighted by Gasteiger charge is -2.17. The zero-order valence-corrected chi connectivity index (χ0v) is 9.40. The number of nitrogens with zero attached hydrogens (tertiary/aromatic N) is 3. The van der Waals surface area contributed by atoms with Gasteiger partial charge in [-0.15, -0.1) is 0 Å². The van der Waals surface area contributed by atoms with Crippen LogP contribution in [0.2, 0.25) is 0 Å². The number of nitriles is 2. The van der Waals surface area contributed by atoms with Crippen molar-refractivity contribution in [2.75, 3.05) is 13.1 Å². The lowest BCUT2D eigenvalue weighted by molar-refractivity contribution is 0.376. The molecule has 0 saturated heterocycles. The maximum atomic E-state index is 8.51. The minimum Gasteiger partial charge on any atom is -0.377 e. The van der Waals surface area contributed by atoms with Crippen molar-refractivity contribution in [3.05, 3.63) is 23.9 Å². The number of allylic oxidation sites excluding steroid dienone is 3. The molecule has 0 amide bonds. The first-order chi connectivity index (χ1) is 7.28. The molecule has 3 nitrogen and oxygen atoms in total. The van der Waals surface area contributed by atoms with Gasteiger partial charge in [0.2, 0.25) is 0 Å². The Morgan fingerprint density at radius 2 is 1.67 bits per heavy atom. The molecule has 80 valence electrons. The average molecular weight is 203 g/mol. The van der Waals surface area contributed by atoms with Crippen LogP contribution in [0, 0.1) is 22.7 Å². The first-order valence-corrected chi connectivity index (χ1v) is 5.21. The number of rotatable bonds is 6. The molecule has 0 aliphatic carbocycles. The van der Waals surface area contributed by atoms with E-state index < -0.39 is 0 Å². The van der Waals surface area contributed by atoms with Gasteiger partial charge in [0.15, 0.2) is 0 Å². The van der Waals surface area contributed by atoms with Gasteiger partial charge in [-0.1, -0.05) is 13.8 Å². The number of hydrogen-bond donors (Lipinski definition) is 0. The zero-order chi connectivity index (χ0) is 11.5. The normalized spacial score (nSPS) is 9.33. The van der Waals surface area contributed by atoms with E-state index in [0.29, 0.717) is 0 Å². The summed E-state index contributed by atoms with van der Waals surface area (Å²) < 4.78 is 0. The largest absolute Gasteiger partial charge is 0.377 e. The van der Waals surface area contributed by atoms with E-state index in [1.165, 1.54) is 0 Å². The van der Waals surface area contributed by atoms with Crippen LogP contribution in [0.3, 0.4) is 0 Å². The maximum Gasteiger partial charge on any atom is 0.129 e. The van der Waals surface area contributed by atoms with Gasteiger partial charge in [-0.3, -0.25) is 0 Å². The van der Waals surface area contributed by atoms with Crippen LogP contribution in [0.15, 0.2) is 23.9 Å². The van der Waals surface area contributed by atoms with Crippen molar-refractivity contribution in [2.45, 2.75) is 26.7 Å². The molecule has 0 fully saturated rings. The molecular formula is C12H17N3. The molecule has 0 unspecified atom stereocenters. The smallest absolute Gasteiger partial charge is 0.129 e. The van der Waals surface area contributed by atoms with E-state index in [1.54, 1.807) is 12.2 Å². The van der Waals surface area contributed by atoms with Crippen molar-refractivity contribution in [1.82, 2.24) is 4.90 Å². The summed E-state index contributed by atoms with van der Waals surface area (Å²) in [6.45, 7) is 6.27. The molecule has 0 saturated carbocycles. The van der Waals surface area contributed by atoms with E-state index in [9.17, 15) is 0 Å². The second-order valence-corrected chi connectivity index (χ2v) is 3.18. The molecule has 0 bridgehead atoms. The van der Waals surface area contributed by atoms with E-state index in [2.05, 4.69) is 18.7 Å². The number of hydrogen-bond acceptors (Lipinski definition) is 3. The van der Waals surface area contributed by atoms with Crippen molar-refractivity contribution >= 4 is 0 Å². The van der Waals surface area contributed by atoms with E-state index in [4.69, 9.17) is 10.5 Å². The quantitative estimate of drug-likeness (QED) is 0.492. The third kappa shape index (κ3) is 6.35. The Bertz CT molecular complexity index is 280. The highest BCUT2D eigenvalue weighted by Gasteiger charge is 1.94. The highest BCUT2D eigenvalue weighted by atomic mass is 15.1. The van der Waals surface area contributed by atoms with Crippen LogP contribution in [0.25, 0.3) is 0 Å². The molecule has 0 aliphatic heterocycles. The van der Waals surface area contributed by atoms with Crippen molar-refractivity contribution in [1.29, 1.82) is 10.5 Å². The molecular weight excluding hydrogens is 186 g/mol. The molecule has 0 spiro atoms. The molecule has 0 N–H and O–H groups in total. The van der Waals surface area contributed by atoms with Gasteiger partial charge >= 0.3 is 0 Å². The van der Waals surface area contributed by atoms with E-state index in [-0.39, 0.29) is 5.57 Å². The summed E-state index contributed by atoms with van der Waals surface area (Å²) in [5.74, 6) is 0. The summed E-state index contributed by atoms with van der Waals surface area (Å²) in [6, 6.07) is 3.64.